The molecule has 0 aliphatic carbocycles. The normalized spacial score (nSPS) is 10.6. The predicted molar refractivity (Wildman–Crippen MR) is 81.3 cm³/mol. The highest BCUT2D eigenvalue weighted by Crippen LogP contribution is 2.29. The molecule has 0 radical (unpaired) electrons. The van der Waals surface area contributed by atoms with Gasteiger partial charge in [-0.05, 0) is 37.3 Å². The van der Waals surface area contributed by atoms with Crippen LogP contribution in [0.4, 0.5) is 0 Å². The number of carbonyl (C=O) groups excluding carboxylic acids is 1. The van der Waals surface area contributed by atoms with Gasteiger partial charge in [0, 0.05) is 5.56 Å². The summed E-state index contributed by atoms with van der Waals surface area (Å²) in [5, 5.41) is 0. The molecular formula is C17H15NO4. The minimum atomic E-state index is -0.0243. The van der Waals surface area contributed by atoms with E-state index >= 15 is 0 Å². The van der Waals surface area contributed by atoms with E-state index in [1.165, 1.54) is 14.0 Å². The van der Waals surface area contributed by atoms with Gasteiger partial charge in [-0.3, -0.25) is 4.79 Å². The monoisotopic (exact) mass is 297 g/mol. The lowest BCUT2D eigenvalue weighted by Gasteiger charge is -2.10. The van der Waals surface area contributed by atoms with Crippen molar-refractivity contribution in [3.05, 3.63) is 53.9 Å². The molecule has 112 valence electrons. The predicted octanol–water partition coefficient (Wildman–Crippen LogP) is 3.62. The lowest BCUT2D eigenvalue weighted by Crippen LogP contribution is -2.00. The van der Waals surface area contributed by atoms with Gasteiger partial charge in [0.1, 0.15) is 5.52 Å². The van der Waals surface area contributed by atoms with Gasteiger partial charge in [-0.25, -0.2) is 4.98 Å². The van der Waals surface area contributed by atoms with Gasteiger partial charge in [-0.15, -0.1) is 0 Å². The molecular weight excluding hydrogens is 282 g/mol. The van der Waals surface area contributed by atoms with Crippen molar-refractivity contribution < 1.29 is 18.7 Å². The summed E-state index contributed by atoms with van der Waals surface area (Å²) in [5.74, 6) is 1.50. The van der Waals surface area contributed by atoms with Crippen molar-refractivity contribution in [2.24, 2.45) is 0 Å². The molecule has 0 amide bonds. The van der Waals surface area contributed by atoms with Crippen LogP contribution in [-0.4, -0.2) is 17.9 Å². The number of hydrogen-bond acceptors (Lipinski definition) is 5. The summed E-state index contributed by atoms with van der Waals surface area (Å²) in [6, 6.07) is 12.6. The molecule has 0 N–H and O–H groups in total. The maximum absolute atomic E-state index is 11.4. The van der Waals surface area contributed by atoms with Gasteiger partial charge in [0.05, 0.1) is 7.11 Å². The number of para-hydroxylation sites is 2. The summed E-state index contributed by atoms with van der Waals surface area (Å²) in [6.07, 6.45) is 0. The number of nitrogens with zero attached hydrogens (tertiary/aromatic N) is 1. The largest absolute Gasteiger partial charge is 0.493 e. The Kier molecular flexibility index (Phi) is 3.78. The molecule has 3 rings (SSSR count). The van der Waals surface area contributed by atoms with Crippen LogP contribution in [0, 0.1) is 0 Å². The Labute approximate surface area is 127 Å². The van der Waals surface area contributed by atoms with E-state index in [2.05, 4.69) is 4.98 Å². The quantitative estimate of drug-likeness (QED) is 0.673. The highest BCUT2D eigenvalue weighted by Gasteiger charge is 2.11. The molecule has 0 saturated carbocycles. The number of benzene rings is 2. The van der Waals surface area contributed by atoms with Gasteiger partial charge in [0.2, 0.25) is 5.89 Å². The first-order chi connectivity index (χ1) is 10.7. The second-order valence-corrected chi connectivity index (χ2v) is 4.79. The number of hydrogen-bond donors (Lipinski definition) is 0. The SMILES string of the molecule is COc1cc(C(C)=O)ccc1OCc1nc2ccccc2o1. The average molecular weight is 297 g/mol. The van der Waals surface area contributed by atoms with Gasteiger partial charge in [-0.2, -0.15) is 0 Å². The second kappa shape index (κ2) is 5.89. The molecule has 0 aliphatic heterocycles. The topological polar surface area (TPSA) is 61.6 Å². The van der Waals surface area contributed by atoms with Gasteiger partial charge in [-0.1, -0.05) is 12.1 Å². The molecule has 1 heterocycles. The fourth-order valence-corrected chi connectivity index (χ4v) is 2.13. The first kappa shape index (κ1) is 14.1. The van der Waals surface area contributed by atoms with Crippen LogP contribution in [0.25, 0.3) is 11.1 Å². The Morgan fingerprint density at radius 2 is 2.00 bits per heavy atom. The van der Waals surface area contributed by atoms with Crippen molar-refractivity contribution >= 4 is 16.9 Å². The van der Waals surface area contributed by atoms with Crippen LogP contribution in [0.1, 0.15) is 23.2 Å². The van der Waals surface area contributed by atoms with Crippen LogP contribution in [0.2, 0.25) is 0 Å². The molecule has 2 aromatic carbocycles. The van der Waals surface area contributed by atoms with Crippen molar-refractivity contribution in [3.63, 3.8) is 0 Å². The third kappa shape index (κ3) is 2.79. The van der Waals surface area contributed by atoms with Crippen LogP contribution >= 0.6 is 0 Å². The Morgan fingerprint density at radius 1 is 1.18 bits per heavy atom. The zero-order valence-corrected chi connectivity index (χ0v) is 12.3. The Bertz CT molecular complexity index is 789. The van der Waals surface area contributed by atoms with Crippen LogP contribution in [0.3, 0.4) is 0 Å². The van der Waals surface area contributed by atoms with E-state index in [-0.39, 0.29) is 12.4 Å². The van der Waals surface area contributed by atoms with Gasteiger partial charge < -0.3 is 13.9 Å². The lowest BCUT2D eigenvalue weighted by molar-refractivity contribution is 0.101. The highest BCUT2D eigenvalue weighted by atomic mass is 16.5. The summed E-state index contributed by atoms with van der Waals surface area (Å²) in [5.41, 5.74) is 2.09. The number of ether oxygens (including phenoxy) is 2. The van der Waals surface area contributed by atoms with Crippen molar-refractivity contribution in [3.8, 4) is 11.5 Å². The maximum atomic E-state index is 11.4. The lowest BCUT2D eigenvalue weighted by atomic mass is 10.1. The van der Waals surface area contributed by atoms with E-state index in [1.54, 1.807) is 18.2 Å². The molecule has 3 aromatic rings. The second-order valence-electron chi connectivity index (χ2n) is 4.79. The number of methoxy groups -OCH3 is 1. The molecule has 0 fully saturated rings. The minimum Gasteiger partial charge on any atom is -0.493 e. The summed E-state index contributed by atoms with van der Waals surface area (Å²) in [4.78, 5) is 15.7. The summed E-state index contributed by atoms with van der Waals surface area (Å²) < 4.78 is 16.5. The fourth-order valence-electron chi connectivity index (χ4n) is 2.13. The number of oxazole rings is 1. The molecule has 0 unspecified atom stereocenters. The molecule has 1 aromatic heterocycles. The van der Waals surface area contributed by atoms with Crippen LogP contribution in [0.5, 0.6) is 11.5 Å². The number of fused-ring (bicyclic) bond motifs is 1. The molecule has 0 aliphatic rings. The summed E-state index contributed by atoms with van der Waals surface area (Å²) >= 11 is 0. The third-order valence-corrected chi connectivity index (χ3v) is 3.26. The molecule has 0 saturated heterocycles. The van der Waals surface area contributed by atoms with E-state index in [0.29, 0.717) is 23.0 Å². The van der Waals surface area contributed by atoms with Crippen LogP contribution in [-0.2, 0) is 6.61 Å². The Hall–Kier alpha value is -2.82. The first-order valence-corrected chi connectivity index (χ1v) is 6.83. The van der Waals surface area contributed by atoms with Crippen molar-refractivity contribution in [1.82, 2.24) is 4.98 Å². The summed E-state index contributed by atoms with van der Waals surface area (Å²) in [7, 11) is 1.53. The zero-order valence-electron chi connectivity index (χ0n) is 12.3. The average Bonchev–Trinajstić information content (AvgIpc) is 2.95. The van der Waals surface area contributed by atoms with Crippen molar-refractivity contribution in [2.75, 3.05) is 7.11 Å². The van der Waals surface area contributed by atoms with Crippen LogP contribution in [0.15, 0.2) is 46.9 Å². The van der Waals surface area contributed by atoms with E-state index in [9.17, 15) is 4.79 Å². The van der Waals surface area contributed by atoms with Gasteiger partial charge in [0.25, 0.3) is 0 Å². The van der Waals surface area contributed by atoms with Gasteiger partial charge >= 0.3 is 0 Å². The number of rotatable bonds is 5. The molecule has 22 heavy (non-hydrogen) atoms. The minimum absolute atomic E-state index is 0.0243. The number of aromatic nitrogens is 1. The van der Waals surface area contributed by atoms with E-state index in [1.807, 2.05) is 24.3 Å². The first-order valence-electron chi connectivity index (χ1n) is 6.83. The summed E-state index contributed by atoms with van der Waals surface area (Å²) in [6.45, 7) is 1.69. The molecule has 5 nitrogen and oxygen atoms in total. The molecule has 0 atom stereocenters. The number of carbonyl (C=O) groups is 1. The smallest absolute Gasteiger partial charge is 0.233 e. The molecule has 0 bridgehead atoms. The molecule has 0 spiro atoms. The van der Waals surface area contributed by atoms with Crippen molar-refractivity contribution in [1.29, 1.82) is 0 Å². The van der Waals surface area contributed by atoms with Gasteiger partial charge in [0.15, 0.2) is 29.5 Å². The van der Waals surface area contributed by atoms with E-state index < -0.39 is 0 Å². The number of ketones is 1. The van der Waals surface area contributed by atoms with Crippen LogP contribution < -0.4 is 9.47 Å². The van der Waals surface area contributed by atoms with Crippen molar-refractivity contribution in [2.45, 2.75) is 13.5 Å². The Morgan fingerprint density at radius 3 is 2.73 bits per heavy atom. The van der Waals surface area contributed by atoms with E-state index in [4.69, 9.17) is 13.9 Å². The fraction of sp³-hybridized carbons (Fsp3) is 0.176. The third-order valence-electron chi connectivity index (χ3n) is 3.26. The zero-order chi connectivity index (χ0) is 15.5. The molecule has 5 heteroatoms. The number of Topliss-reactive ketones (excluding diaryl/α,β-unsaturated/α-hetero) is 1. The van der Waals surface area contributed by atoms with E-state index in [0.717, 1.165) is 11.1 Å². The maximum Gasteiger partial charge on any atom is 0.233 e. The standard InChI is InChI=1S/C17H15NO4/c1-11(19)12-7-8-15(16(9-12)20-2)21-10-17-18-13-5-3-4-6-14(13)22-17/h3-9H,10H2,1-2H3. The highest BCUT2D eigenvalue weighted by molar-refractivity contribution is 5.94. The Balaban J connectivity index is 1.79.